The van der Waals surface area contributed by atoms with Gasteiger partial charge in [-0.2, -0.15) is 8.42 Å². The smallest absolute Gasteiger partial charge is 0.339 e. The van der Waals surface area contributed by atoms with Crippen molar-refractivity contribution < 1.29 is 17.7 Å². The van der Waals surface area contributed by atoms with Gasteiger partial charge < -0.3 is 14.3 Å². The van der Waals surface area contributed by atoms with Crippen LogP contribution < -0.4 is 4.18 Å². The molecule has 0 saturated heterocycles. The summed E-state index contributed by atoms with van der Waals surface area (Å²) >= 11 is 0. The van der Waals surface area contributed by atoms with Crippen LogP contribution in [0.1, 0.15) is 50.3 Å². The maximum atomic E-state index is 13.0. The first kappa shape index (κ1) is 25.6. The molecule has 1 heterocycles. The Bertz CT molecular complexity index is 1590. The molecule has 0 aliphatic rings. The topological polar surface area (TPSA) is 79.4 Å². The number of aromatic nitrogens is 1. The molecular weight excluding hydrogens is 470 g/mol. The van der Waals surface area contributed by atoms with Crippen molar-refractivity contribution in [3.63, 3.8) is 0 Å². The molecule has 0 bridgehead atoms. The third kappa shape index (κ3) is 5.49. The van der Waals surface area contributed by atoms with Crippen molar-refractivity contribution in [2.75, 3.05) is 0 Å². The molecule has 0 amide bonds. The highest BCUT2D eigenvalue weighted by atomic mass is 32.2. The fraction of sp³-hybridized carbons (Fsp3) is 0.267. The van der Waals surface area contributed by atoms with Gasteiger partial charge in [0.15, 0.2) is 5.75 Å². The number of rotatable bonds is 8. The van der Waals surface area contributed by atoms with E-state index in [1.165, 1.54) is 11.1 Å². The second-order valence-corrected chi connectivity index (χ2v) is 11.3. The lowest BCUT2D eigenvalue weighted by Crippen LogP contribution is -2.10. The summed E-state index contributed by atoms with van der Waals surface area (Å²) in [5, 5.41) is 12.5. The molecule has 5 nitrogen and oxygen atoms in total. The number of aryl methyl sites for hydroxylation is 2. The number of hydrogen-bond acceptors (Lipinski definition) is 4. The number of benzene rings is 3. The minimum Gasteiger partial charge on any atom is -0.508 e. The van der Waals surface area contributed by atoms with Crippen LogP contribution in [0, 0.1) is 13.8 Å². The van der Waals surface area contributed by atoms with E-state index in [2.05, 4.69) is 37.9 Å². The maximum Gasteiger partial charge on any atom is 0.339 e. The predicted molar refractivity (Wildman–Crippen MR) is 147 cm³/mol. The first-order valence-corrected chi connectivity index (χ1v) is 13.5. The maximum absolute atomic E-state index is 13.0. The Morgan fingerprint density at radius 1 is 0.917 bits per heavy atom. The van der Waals surface area contributed by atoms with E-state index in [1.54, 1.807) is 36.4 Å². The monoisotopic (exact) mass is 503 g/mol. The number of hydrogen-bond donors (Lipinski definition) is 2. The van der Waals surface area contributed by atoms with E-state index >= 15 is 0 Å². The van der Waals surface area contributed by atoms with Gasteiger partial charge in [-0.1, -0.05) is 41.0 Å². The Labute approximate surface area is 213 Å². The summed E-state index contributed by atoms with van der Waals surface area (Å²) in [6, 6.07) is 13.9. The summed E-state index contributed by atoms with van der Waals surface area (Å²) in [5.74, 6) is 0.439. The van der Waals surface area contributed by atoms with Crippen LogP contribution in [0.25, 0.3) is 21.8 Å². The van der Waals surface area contributed by atoms with Gasteiger partial charge in [-0.25, -0.2) is 0 Å². The van der Waals surface area contributed by atoms with Crippen LogP contribution in [0.15, 0.2) is 76.7 Å². The summed E-state index contributed by atoms with van der Waals surface area (Å²) < 4.78 is 31.7. The van der Waals surface area contributed by atoms with E-state index in [4.69, 9.17) is 4.18 Å². The molecule has 188 valence electrons. The van der Waals surface area contributed by atoms with Gasteiger partial charge in [0, 0.05) is 16.3 Å². The molecular formula is C30H33NO4S. The van der Waals surface area contributed by atoms with Crippen molar-refractivity contribution in [1.29, 1.82) is 0 Å². The normalized spacial score (nSPS) is 12.3. The zero-order valence-electron chi connectivity index (χ0n) is 21.5. The molecule has 4 rings (SSSR count). The van der Waals surface area contributed by atoms with E-state index < -0.39 is 10.1 Å². The third-order valence-corrected chi connectivity index (χ3v) is 7.58. The molecule has 0 atom stereocenters. The van der Waals surface area contributed by atoms with E-state index in [-0.39, 0.29) is 16.4 Å². The van der Waals surface area contributed by atoms with Gasteiger partial charge in [0.25, 0.3) is 0 Å². The molecule has 0 fully saturated rings. The van der Waals surface area contributed by atoms with E-state index in [9.17, 15) is 13.5 Å². The lowest BCUT2D eigenvalue weighted by atomic mass is 10.0. The highest BCUT2D eigenvalue weighted by Gasteiger charge is 2.21. The fourth-order valence-electron chi connectivity index (χ4n) is 4.33. The zero-order valence-corrected chi connectivity index (χ0v) is 22.3. The van der Waals surface area contributed by atoms with Crippen LogP contribution in [0.5, 0.6) is 11.5 Å². The molecule has 0 spiro atoms. The summed E-state index contributed by atoms with van der Waals surface area (Å²) in [7, 11) is -4.01. The second kappa shape index (κ2) is 10.2. The van der Waals surface area contributed by atoms with Crippen LogP contribution in [0.2, 0.25) is 0 Å². The molecule has 0 saturated carbocycles. The second-order valence-electron chi connectivity index (χ2n) is 9.72. The van der Waals surface area contributed by atoms with Crippen LogP contribution in [0.3, 0.4) is 0 Å². The van der Waals surface area contributed by atoms with Crippen molar-refractivity contribution in [1.82, 2.24) is 4.98 Å². The van der Waals surface area contributed by atoms with Crippen LogP contribution >= 0.6 is 0 Å². The van der Waals surface area contributed by atoms with Crippen LogP contribution in [-0.2, 0) is 16.5 Å². The van der Waals surface area contributed by atoms with Crippen LogP contribution in [0.4, 0.5) is 0 Å². The zero-order chi connectivity index (χ0) is 26.0. The summed E-state index contributed by atoms with van der Waals surface area (Å²) in [5.41, 5.74) is 6.54. The van der Waals surface area contributed by atoms with Crippen molar-refractivity contribution >= 4 is 31.9 Å². The highest BCUT2D eigenvalue weighted by molar-refractivity contribution is 7.87. The number of aromatic amines is 1. The van der Waals surface area contributed by atoms with Gasteiger partial charge in [-0.05, 0) is 95.8 Å². The summed E-state index contributed by atoms with van der Waals surface area (Å²) in [6.07, 6.45) is 6.88. The number of phenols is 1. The number of H-pyrrole nitrogens is 1. The van der Waals surface area contributed by atoms with Gasteiger partial charge in [0.1, 0.15) is 10.6 Å². The number of aromatic hydroxyl groups is 1. The minimum absolute atomic E-state index is 0.103. The Hall–Kier alpha value is -3.51. The molecule has 0 aliphatic carbocycles. The molecule has 1 aromatic heterocycles. The summed E-state index contributed by atoms with van der Waals surface area (Å²) in [4.78, 5) is 3.46. The fourth-order valence-corrected chi connectivity index (χ4v) is 5.27. The van der Waals surface area contributed by atoms with Gasteiger partial charge in [-0.3, -0.25) is 0 Å². The lowest BCUT2D eigenvalue weighted by molar-refractivity contribution is 0.470. The first-order valence-electron chi connectivity index (χ1n) is 12.1. The third-order valence-electron chi connectivity index (χ3n) is 6.33. The number of nitrogens with one attached hydrogen (secondary N) is 1. The molecule has 6 heteroatoms. The van der Waals surface area contributed by atoms with Gasteiger partial charge in [0.05, 0.1) is 11.0 Å². The molecule has 3 aromatic carbocycles. The van der Waals surface area contributed by atoms with Crippen molar-refractivity contribution in [3.05, 3.63) is 88.5 Å². The standard InChI is InChI=1S/C30H33NO4S/c1-19(2)7-6-8-20(3)11-14-25-27(32)16-15-24-26-17-22(5)18-28(30(26)31-29(24)25)35-36(33,34)23-12-9-21(4)10-13-23/h7,9-13,15-18,31-32H,6,8,14H2,1-5H3/b20-11+. The SMILES string of the molecule is CC(C)=CCC/C(C)=C/Cc1c(O)ccc2c1[nH]c1c(OS(=O)(=O)c3ccc(C)cc3)cc(C)cc12. The number of fused-ring (bicyclic) bond motifs is 3. The molecule has 0 radical (unpaired) electrons. The Morgan fingerprint density at radius 3 is 2.33 bits per heavy atom. The molecule has 4 aromatic rings. The van der Waals surface area contributed by atoms with E-state index in [1.807, 2.05) is 26.0 Å². The summed E-state index contributed by atoms with van der Waals surface area (Å²) in [6.45, 7) is 10.1. The van der Waals surface area contributed by atoms with Gasteiger partial charge in [0.2, 0.25) is 0 Å². The number of phenolic OH excluding ortho intramolecular Hbond substituents is 1. The predicted octanol–water partition coefficient (Wildman–Crippen LogP) is 7.65. The molecule has 0 aliphatic heterocycles. The Balaban J connectivity index is 1.75. The average Bonchev–Trinajstić information content (AvgIpc) is 3.17. The Kier molecular flexibility index (Phi) is 7.27. The van der Waals surface area contributed by atoms with Crippen molar-refractivity contribution in [3.8, 4) is 11.5 Å². The minimum atomic E-state index is -4.01. The highest BCUT2D eigenvalue weighted by Crippen LogP contribution is 2.38. The van der Waals surface area contributed by atoms with Crippen molar-refractivity contribution in [2.24, 2.45) is 0 Å². The lowest BCUT2D eigenvalue weighted by Gasteiger charge is -2.09. The molecule has 36 heavy (non-hydrogen) atoms. The van der Waals surface area contributed by atoms with E-state index in [0.29, 0.717) is 11.9 Å². The molecule has 2 N–H and O–H groups in total. The number of allylic oxidation sites excluding steroid dienone is 4. The Morgan fingerprint density at radius 2 is 1.64 bits per heavy atom. The average molecular weight is 504 g/mol. The molecule has 0 unspecified atom stereocenters. The van der Waals surface area contributed by atoms with Gasteiger partial charge >= 0.3 is 10.1 Å². The van der Waals surface area contributed by atoms with E-state index in [0.717, 1.165) is 45.8 Å². The largest absolute Gasteiger partial charge is 0.508 e. The van der Waals surface area contributed by atoms with Gasteiger partial charge in [-0.15, -0.1) is 0 Å². The first-order chi connectivity index (χ1) is 17.0. The van der Waals surface area contributed by atoms with Crippen LogP contribution in [-0.4, -0.2) is 18.5 Å². The van der Waals surface area contributed by atoms with Crippen molar-refractivity contribution in [2.45, 2.75) is 58.8 Å². The quantitative estimate of drug-likeness (QED) is 0.191.